The highest BCUT2D eigenvalue weighted by Gasteiger charge is 2.41. The highest BCUT2D eigenvalue weighted by Crippen LogP contribution is 2.37. The monoisotopic (exact) mass is 331 g/mol. The summed E-state index contributed by atoms with van der Waals surface area (Å²) in [7, 11) is 2.96. The van der Waals surface area contributed by atoms with Crippen LogP contribution >= 0.6 is 0 Å². The topological polar surface area (TPSA) is 91.2 Å². The van der Waals surface area contributed by atoms with Gasteiger partial charge in [-0.2, -0.15) is 4.68 Å². The van der Waals surface area contributed by atoms with Gasteiger partial charge in [0, 0.05) is 0 Å². The van der Waals surface area contributed by atoms with E-state index in [0.717, 1.165) is 37.8 Å². The Kier molecular flexibility index (Phi) is 4.64. The molecular weight excluding hydrogens is 310 g/mol. The van der Waals surface area contributed by atoms with E-state index < -0.39 is 11.6 Å². The third-order valence-electron chi connectivity index (χ3n) is 4.44. The van der Waals surface area contributed by atoms with Crippen LogP contribution in [0.1, 0.15) is 37.9 Å². The van der Waals surface area contributed by atoms with E-state index in [-0.39, 0.29) is 0 Å². The number of benzene rings is 1. The zero-order valence-electron chi connectivity index (χ0n) is 13.9. The first-order chi connectivity index (χ1) is 11.7. The molecule has 1 amide bonds. The Balaban J connectivity index is 2.07. The maximum Gasteiger partial charge on any atom is 0.407 e. The number of rotatable bonds is 4. The number of para-hydroxylation sites is 2. The minimum Gasteiger partial charge on any atom is -0.494 e. The van der Waals surface area contributed by atoms with Crippen molar-refractivity contribution in [1.82, 2.24) is 25.5 Å². The van der Waals surface area contributed by atoms with Gasteiger partial charge in [0.15, 0.2) is 5.82 Å². The van der Waals surface area contributed by atoms with Gasteiger partial charge in [0.05, 0.1) is 14.2 Å². The van der Waals surface area contributed by atoms with Gasteiger partial charge < -0.3 is 14.8 Å². The van der Waals surface area contributed by atoms with Crippen LogP contribution in [0, 0.1) is 0 Å². The normalized spacial score (nSPS) is 16.4. The minimum absolute atomic E-state index is 0.480. The molecule has 0 saturated heterocycles. The van der Waals surface area contributed by atoms with Crippen molar-refractivity contribution in [1.29, 1.82) is 0 Å². The summed E-state index contributed by atoms with van der Waals surface area (Å²) >= 11 is 0. The summed E-state index contributed by atoms with van der Waals surface area (Å²) in [4.78, 5) is 11.9. The largest absolute Gasteiger partial charge is 0.494 e. The first-order valence-corrected chi connectivity index (χ1v) is 7.98. The number of methoxy groups -OCH3 is 2. The number of hydrogen-bond acceptors (Lipinski definition) is 6. The van der Waals surface area contributed by atoms with Crippen molar-refractivity contribution >= 4 is 6.09 Å². The molecule has 1 aromatic carbocycles. The van der Waals surface area contributed by atoms with E-state index in [1.807, 2.05) is 24.3 Å². The van der Waals surface area contributed by atoms with Crippen LogP contribution in [0.4, 0.5) is 4.79 Å². The lowest BCUT2D eigenvalue weighted by Gasteiger charge is -2.36. The summed E-state index contributed by atoms with van der Waals surface area (Å²) in [5, 5.41) is 15.2. The molecule has 1 heterocycles. The van der Waals surface area contributed by atoms with Crippen LogP contribution in [-0.4, -0.2) is 40.5 Å². The second-order valence-electron chi connectivity index (χ2n) is 5.85. The van der Waals surface area contributed by atoms with Crippen molar-refractivity contribution in [3.05, 3.63) is 30.1 Å². The minimum atomic E-state index is -0.643. The Bertz CT molecular complexity index is 709. The predicted octanol–water partition coefficient (Wildman–Crippen LogP) is 2.19. The molecule has 0 spiro atoms. The van der Waals surface area contributed by atoms with Crippen LogP contribution in [0.2, 0.25) is 0 Å². The number of carbonyl (C=O) groups excluding carboxylic acids is 1. The quantitative estimate of drug-likeness (QED) is 0.923. The van der Waals surface area contributed by atoms with Gasteiger partial charge in [0.1, 0.15) is 17.0 Å². The lowest BCUT2D eigenvalue weighted by Crippen LogP contribution is -2.49. The molecule has 0 radical (unpaired) electrons. The van der Waals surface area contributed by atoms with Crippen molar-refractivity contribution in [3.8, 4) is 11.4 Å². The van der Waals surface area contributed by atoms with E-state index >= 15 is 0 Å². The number of alkyl carbamates (subject to hydrolysis) is 1. The lowest BCUT2D eigenvalue weighted by atomic mass is 9.81. The number of hydrogen-bond donors (Lipinski definition) is 1. The maximum atomic E-state index is 11.9. The third kappa shape index (κ3) is 2.91. The number of tetrazole rings is 1. The van der Waals surface area contributed by atoms with Gasteiger partial charge in [-0.1, -0.05) is 31.4 Å². The van der Waals surface area contributed by atoms with Crippen LogP contribution in [0.3, 0.4) is 0 Å². The molecule has 8 heteroatoms. The predicted molar refractivity (Wildman–Crippen MR) is 86.0 cm³/mol. The lowest BCUT2D eigenvalue weighted by molar-refractivity contribution is 0.139. The Hall–Kier alpha value is -2.64. The van der Waals surface area contributed by atoms with Gasteiger partial charge in [-0.25, -0.2) is 4.79 Å². The zero-order chi connectivity index (χ0) is 17.0. The van der Waals surface area contributed by atoms with E-state index in [1.54, 1.807) is 11.8 Å². The first kappa shape index (κ1) is 16.2. The molecule has 0 bridgehead atoms. The van der Waals surface area contributed by atoms with Crippen LogP contribution in [0.15, 0.2) is 24.3 Å². The highest BCUT2D eigenvalue weighted by molar-refractivity contribution is 5.68. The van der Waals surface area contributed by atoms with Crippen molar-refractivity contribution in [2.24, 2.45) is 0 Å². The number of carbonyl (C=O) groups is 1. The van der Waals surface area contributed by atoms with Gasteiger partial charge in [0.25, 0.3) is 0 Å². The fraction of sp³-hybridized carbons (Fsp3) is 0.500. The molecular formula is C16H21N5O3. The number of nitrogens with zero attached hydrogens (tertiary/aromatic N) is 4. The van der Waals surface area contributed by atoms with Crippen molar-refractivity contribution in [2.75, 3.05) is 14.2 Å². The Labute approximate surface area is 140 Å². The number of ether oxygens (including phenoxy) is 2. The smallest absolute Gasteiger partial charge is 0.407 e. The molecule has 0 aliphatic heterocycles. The fourth-order valence-corrected chi connectivity index (χ4v) is 3.26. The van der Waals surface area contributed by atoms with Crippen LogP contribution < -0.4 is 10.1 Å². The maximum absolute atomic E-state index is 11.9. The molecule has 1 N–H and O–H groups in total. The highest BCUT2D eigenvalue weighted by atomic mass is 16.5. The molecule has 0 unspecified atom stereocenters. The molecule has 2 aromatic rings. The summed E-state index contributed by atoms with van der Waals surface area (Å²) in [5.41, 5.74) is 0.0898. The molecule has 0 atom stereocenters. The second-order valence-corrected chi connectivity index (χ2v) is 5.85. The van der Waals surface area contributed by atoms with Gasteiger partial charge in [-0.05, 0) is 35.4 Å². The van der Waals surface area contributed by atoms with E-state index in [0.29, 0.717) is 11.6 Å². The summed E-state index contributed by atoms with van der Waals surface area (Å²) in [5.74, 6) is 1.26. The molecule has 128 valence electrons. The molecule has 1 aliphatic rings. The molecule has 1 aromatic heterocycles. The summed E-state index contributed by atoms with van der Waals surface area (Å²) in [6.45, 7) is 0. The number of amides is 1. The molecule has 8 nitrogen and oxygen atoms in total. The van der Waals surface area contributed by atoms with Crippen LogP contribution in [0.5, 0.6) is 5.75 Å². The van der Waals surface area contributed by atoms with E-state index in [4.69, 9.17) is 9.47 Å². The van der Waals surface area contributed by atoms with Gasteiger partial charge >= 0.3 is 6.09 Å². The first-order valence-electron chi connectivity index (χ1n) is 7.98. The summed E-state index contributed by atoms with van der Waals surface area (Å²) in [6, 6.07) is 7.51. The van der Waals surface area contributed by atoms with Gasteiger partial charge in [-0.15, -0.1) is 5.10 Å². The van der Waals surface area contributed by atoms with E-state index in [2.05, 4.69) is 20.8 Å². The zero-order valence-corrected chi connectivity index (χ0v) is 13.9. The number of aromatic nitrogens is 4. The molecule has 1 fully saturated rings. The molecule has 1 aliphatic carbocycles. The van der Waals surface area contributed by atoms with Crippen LogP contribution in [0.25, 0.3) is 5.69 Å². The van der Waals surface area contributed by atoms with Crippen molar-refractivity contribution in [3.63, 3.8) is 0 Å². The van der Waals surface area contributed by atoms with Gasteiger partial charge in [-0.3, -0.25) is 0 Å². The molecule has 1 saturated carbocycles. The average Bonchev–Trinajstić information content (AvgIpc) is 3.12. The molecule has 3 rings (SSSR count). The summed E-state index contributed by atoms with van der Waals surface area (Å²) < 4.78 is 11.9. The second kappa shape index (κ2) is 6.86. The Morgan fingerprint density at radius 1 is 1.21 bits per heavy atom. The molecule has 24 heavy (non-hydrogen) atoms. The fourth-order valence-electron chi connectivity index (χ4n) is 3.26. The summed E-state index contributed by atoms with van der Waals surface area (Å²) in [6.07, 6.45) is 4.15. The Morgan fingerprint density at radius 2 is 1.96 bits per heavy atom. The Morgan fingerprint density at radius 3 is 2.67 bits per heavy atom. The third-order valence-corrected chi connectivity index (χ3v) is 4.44. The van der Waals surface area contributed by atoms with Crippen molar-refractivity contribution in [2.45, 2.75) is 37.6 Å². The van der Waals surface area contributed by atoms with Gasteiger partial charge in [0.2, 0.25) is 0 Å². The van der Waals surface area contributed by atoms with Crippen molar-refractivity contribution < 1.29 is 14.3 Å². The number of nitrogens with one attached hydrogen (secondary N) is 1. The van der Waals surface area contributed by atoms with E-state index in [9.17, 15) is 4.79 Å². The average molecular weight is 331 g/mol. The van der Waals surface area contributed by atoms with E-state index in [1.165, 1.54) is 7.11 Å². The van der Waals surface area contributed by atoms with Crippen LogP contribution in [-0.2, 0) is 10.3 Å². The standard InChI is InChI=1S/C16H21N5O3/c1-23-13-9-5-4-8-12(13)21-14(18-19-20-21)16(17-15(22)24-2)10-6-3-7-11-16/h4-5,8-9H,3,6-7,10-11H2,1-2H3,(H,17,22). The SMILES string of the molecule is COC(=O)NC1(c2nnnn2-c2ccccc2OC)CCCCC1.